The molecule has 0 aliphatic carbocycles. The summed E-state index contributed by atoms with van der Waals surface area (Å²) in [5, 5.41) is 14.9. The molecule has 0 saturated carbocycles. The number of nitriles is 1. The second-order valence-corrected chi connectivity index (χ2v) is 5.27. The van der Waals surface area contributed by atoms with Crippen molar-refractivity contribution in [3.63, 3.8) is 0 Å². The molecule has 3 heteroatoms. The Morgan fingerprint density at radius 3 is 2.45 bits per heavy atom. The maximum absolute atomic E-state index is 9.43. The van der Waals surface area contributed by atoms with Gasteiger partial charge < -0.3 is 4.74 Å². The van der Waals surface area contributed by atoms with E-state index in [4.69, 9.17) is 4.74 Å². The zero-order valence-corrected chi connectivity index (χ0v) is 12.2. The van der Waals surface area contributed by atoms with Crippen molar-refractivity contribution < 1.29 is 4.74 Å². The maximum atomic E-state index is 9.43. The van der Waals surface area contributed by atoms with Gasteiger partial charge in [0.1, 0.15) is 11.8 Å². The summed E-state index contributed by atoms with van der Waals surface area (Å²) in [5.74, 6) is 1.35. The molecule has 1 atom stereocenters. The Balaban J connectivity index is 2.46. The van der Waals surface area contributed by atoms with E-state index in [1.807, 2.05) is 36.4 Å². The van der Waals surface area contributed by atoms with E-state index in [1.165, 1.54) is 0 Å². The molecular weight excluding hydrogens is 248 g/mol. The first-order valence-corrected chi connectivity index (χ1v) is 6.86. The molecule has 0 bridgehead atoms. The molecule has 104 valence electrons. The number of fused-ring (bicyclic) bond motifs is 1. The summed E-state index contributed by atoms with van der Waals surface area (Å²) in [7, 11) is 1.67. The highest BCUT2D eigenvalue weighted by Crippen LogP contribution is 2.31. The third kappa shape index (κ3) is 2.92. The van der Waals surface area contributed by atoms with Crippen molar-refractivity contribution in [2.45, 2.75) is 19.9 Å². The summed E-state index contributed by atoms with van der Waals surface area (Å²) in [4.78, 5) is 0. The minimum atomic E-state index is -0.298. The summed E-state index contributed by atoms with van der Waals surface area (Å²) in [5.41, 5.74) is 1.00. The van der Waals surface area contributed by atoms with Crippen molar-refractivity contribution in [3.05, 3.63) is 42.0 Å². The van der Waals surface area contributed by atoms with Gasteiger partial charge in [-0.05, 0) is 29.5 Å². The van der Waals surface area contributed by atoms with Crippen LogP contribution in [0.25, 0.3) is 10.8 Å². The van der Waals surface area contributed by atoms with Crippen LogP contribution in [0.4, 0.5) is 0 Å². The number of rotatable bonds is 5. The van der Waals surface area contributed by atoms with Gasteiger partial charge in [-0.25, -0.2) is 0 Å². The van der Waals surface area contributed by atoms with Crippen LogP contribution < -0.4 is 10.1 Å². The first-order valence-electron chi connectivity index (χ1n) is 6.86. The summed E-state index contributed by atoms with van der Waals surface area (Å²) >= 11 is 0. The maximum Gasteiger partial charge on any atom is 0.126 e. The minimum Gasteiger partial charge on any atom is -0.496 e. The van der Waals surface area contributed by atoms with Crippen LogP contribution in [0.1, 0.15) is 25.5 Å². The topological polar surface area (TPSA) is 45.0 Å². The molecule has 0 fully saturated rings. The average molecular weight is 268 g/mol. The highest BCUT2D eigenvalue weighted by Gasteiger charge is 2.15. The van der Waals surface area contributed by atoms with Crippen molar-refractivity contribution in [3.8, 4) is 11.8 Å². The average Bonchev–Trinajstić information content (AvgIpc) is 2.47. The Labute approximate surface area is 120 Å². The van der Waals surface area contributed by atoms with E-state index in [9.17, 15) is 5.26 Å². The van der Waals surface area contributed by atoms with Gasteiger partial charge in [0.05, 0.1) is 13.2 Å². The van der Waals surface area contributed by atoms with E-state index in [0.29, 0.717) is 5.92 Å². The third-order valence-electron chi connectivity index (χ3n) is 3.31. The number of hydrogen-bond acceptors (Lipinski definition) is 3. The van der Waals surface area contributed by atoms with E-state index in [2.05, 4.69) is 25.2 Å². The number of methoxy groups -OCH3 is 1. The standard InChI is InChI=1S/C17H20N2O/c1-12(2)11-19-16(10-18)14-8-9-17(20-3)15-7-5-4-6-13(14)15/h4-9,12,16,19H,11H2,1-3H3. The van der Waals surface area contributed by atoms with Gasteiger partial charge in [-0.15, -0.1) is 0 Å². The second kappa shape index (κ2) is 6.40. The van der Waals surface area contributed by atoms with Gasteiger partial charge in [0.15, 0.2) is 0 Å². The first-order chi connectivity index (χ1) is 9.67. The number of hydrogen-bond donors (Lipinski definition) is 1. The quantitative estimate of drug-likeness (QED) is 0.900. The molecule has 0 aliphatic rings. The Kier molecular flexibility index (Phi) is 4.60. The lowest BCUT2D eigenvalue weighted by molar-refractivity contribution is 0.419. The zero-order valence-electron chi connectivity index (χ0n) is 12.2. The van der Waals surface area contributed by atoms with Crippen LogP contribution in [-0.4, -0.2) is 13.7 Å². The van der Waals surface area contributed by atoms with Crippen LogP contribution in [0.15, 0.2) is 36.4 Å². The summed E-state index contributed by atoms with van der Waals surface area (Å²) in [6, 6.07) is 14.0. The lowest BCUT2D eigenvalue weighted by Crippen LogP contribution is -2.24. The van der Waals surface area contributed by atoms with Crippen LogP contribution in [0.3, 0.4) is 0 Å². The number of nitrogens with one attached hydrogen (secondary N) is 1. The van der Waals surface area contributed by atoms with Crippen molar-refractivity contribution in [2.24, 2.45) is 5.92 Å². The van der Waals surface area contributed by atoms with Gasteiger partial charge in [0, 0.05) is 5.39 Å². The molecule has 2 aromatic carbocycles. The van der Waals surface area contributed by atoms with Crippen LogP contribution >= 0.6 is 0 Å². The van der Waals surface area contributed by atoms with Crippen LogP contribution in [0, 0.1) is 17.2 Å². The molecule has 2 rings (SSSR count). The fourth-order valence-corrected chi connectivity index (χ4v) is 2.30. The van der Waals surface area contributed by atoms with E-state index >= 15 is 0 Å². The van der Waals surface area contributed by atoms with E-state index in [1.54, 1.807) is 7.11 Å². The number of ether oxygens (including phenoxy) is 1. The predicted molar refractivity (Wildman–Crippen MR) is 81.7 cm³/mol. The molecule has 20 heavy (non-hydrogen) atoms. The van der Waals surface area contributed by atoms with Gasteiger partial charge in [0.2, 0.25) is 0 Å². The van der Waals surface area contributed by atoms with Gasteiger partial charge in [-0.2, -0.15) is 5.26 Å². The van der Waals surface area contributed by atoms with E-state index < -0.39 is 0 Å². The van der Waals surface area contributed by atoms with E-state index in [-0.39, 0.29) is 6.04 Å². The van der Waals surface area contributed by atoms with Crippen LogP contribution in [0.2, 0.25) is 0 Å². The Morgan fingerprint density at radius 2 is 1.85 bits per heavy atom. The summed E-state index contributed by atoms with van der Waals surface area (Å²) in [6.45, 7) is 5.08. The second-order valence-electron chi connectivity index (χ2n) is 5.27. The molecule has 0 aliphatic heterocycles. The Bertz CT molecular complexity index is 628. The van der Waals surface area contributed by atoms with Gasteiger partial charge in [0.25, 0.3) is 0 Å². The third-order valence-corrected chi connectivity index (χ3v) is 3.31. The summed E-state index contributed by atoms with van der Waals surface area (Å²) < 4.78 is 5.39. The zero-order chi connectivity index (χ0) is 14.5. The minimum absolute atomic E-state index is 0.298. The van der Waals surface area contributed by atoms with Crippen LogP contribution in [0.5, 0.6) is 5.75 Å². The highest BCUT2D eigenvalue weighted by molar-refractivity contribution is 5.91. The molecule has 0 amide bonds. The predicted octanol–water partition coefficient (Wildman–Crippen LogP) is 3.66. The van der Waals surface area contributed by atoms with Crippen molar-refractivity contribution in [1.29, 1.82) is 5.26 Å². The largest absolute Gasteiger partial charge is 0.496 e. The van der Waals surface area contributed by atoms with Crippen molar-refractivity contribution in [2.75, 3.05) is 13.7 Å². The molecule has 0 spiro atoms. The molecule has 3 nitrogen and oxygen atoms in total. The fraction of sp³-hybridized carbons (Fsp3) is 0.353. The van der Waals surface area contributed by atoms with Gasteiger partial charge in [-0.1, -0.05) is 44.2 Å². The fourth-order valence-electron chi connectivity index (χ4n) is 2.30. The normalized spacial score (nSPS) is 12.3. The Hall–Kier alpha value is -2.05. The van der Waals surface area contributed by atoms with Crippen molar-refractivity contribution in [1.82, 2.24) is 5.32 Å². The first kappa shape index (κ1) is 14.4. The molecule has 0 saturated heterocycles. The molecular formula is C17H20N2O. The lowest BCUT2D eigenvalue weighted by atomic mass is 9.98. The Morgan fingerprint density at radius 1 is 1.15 bits per heavy atom. The van der Waals surface area contributed by atoms with Crippen LogP contribution in [-0.2, 0) is 0 Å². The molecule has 1 unspecified atom stereocenters. The van der Waals surface area contributed by atoms with Gasteiger partial charge in [-0.3, -0.25) is 5.32 Å². The molecule has 0 aromatic heterocycles. The molecule has 0 heterocycles. The molecule has 0 radical (unpaired) electrons. The van der Waals surface area contributed by atoms with Crippen molar-refractivity contribution >= 4 is 10.8 Å². The van der Waals surface area contributed by atoms with E-state index in [0.717, 1.165) is 28.6 Å². The lowest BCUT2D eigenvalue weighted by Gasteiger charge is -2.17. The molecule has 1 N–H and O–H groups in total. The SMILES string of the molecule is COc1ccc(C(C#N)NCC(C)C)c2ccccc12. The number of nitrogens with zero attached hydrogens (tertiary/aromatic N) is 1. The summed E-state index contributed by atoms with van der Waals surface area (Å²) in [6.07, 6.45) is 0. The smallest absolute Gasteiger partial charge is 0.126 e. The van der Waals surface area contributed by atoms with Gasteiger partial charge >= 0.3 is 0 Å². The molecule has 2 aromatic rings. The highest BCUT2D eigenvalue weighted by atomic mass is 16.5. The monoisotopic (exact) mass is 268 g/mol. The number of benzene rings is 2.